The predicted molar refractivity (Wildman–Crippen MR) is 73.9 cm³/mol. The molecule has 0 aliphatic carbocycles. The van der Waals surface area contributed by atoms with Crippen molar-refractivity contribution in [3.8, 4) is 0 Å². The van der Waals surface area contributed by atoms with Crippen LogP contribution >= 0.6 is 15.9 Å². The molecule has 1 aromatic carbocycles. The van der Waals surface area contributed by atoms with E-state index < -0.39 is 0 Å². The Morgan fingerprint density at radius 2 is 2.05 bits per heavy atom. The maximum atomic E-state index is 12.6. The number of pyridine rings is 1. The van der Waals surface area contributed by atoms with E-state index in [1.54, 1.807) is 19.3 Å². The van der Waals surface area contributed by atoms with E-state index in [0.29, 0.717) is 15.9 Å². The fraction of sp³-hybridized carbons (Fsp3) is 0.0769. The van der Waals surface area contributed by atoms with Gasteiger partial charge in [0.05, 0.1) is 5.52 Å². The van der Waals surface area contributed by atoms with Gasteiger partial charge >= 0.3 is 0 Å². The second-order valence-corrected chi connectivity index (χ2v) is 4.81. The van der Waals surface area contributed by atoms with Gasteiger partial charge in [-0.2, -0.15) is 0 Å². The van der Waals surface area contributed by atoms with E-state index in [-0.39, 0.29) is 5.78 Å². The van der Waals surface area contributed by atoms with E-state index >= 15 is 0 Å². The number of aryl methyl sites for hydroxylation is 1. The minimum absolute atomic E-state index is 0.127. The molecule has 3 rings (SSSR count). The number of ketones is 1. The monoisotopic (exact) mass is 316 g/mol. The van der Waals surface area contributed by atoms with Gasteiger partial charge in [0.25, 0.3) is 0 Å². The molecule has 3 aromatic rings. The second-order valence-electron chi connectivity index (χ2n) is 4.06. The number of aromatic nitrogens is 4. The topological polar surface area (TPSA) is 60.7 Å². The maximum absolute atomic E-state index is 12.6. The first-order chi connectivity index (χ1) is 9.18. The van der Waals surface area contributed by atoms with Crippen LogP contribution < -0.4 is 0 Å². The maximum Gasteiger partial charge on any atom is 0.214 e. The number of nitrogens with zero attached hydrogens (tertiary/aromatic N) is 4. The van der Waals surface area contributed by atoms with Crippen molar-refractivity contribution in [1.29, 1.82) is 0 Å². The first kappa shape index (κ1) is 12.0. The number of para-hydroxylation sites is 1. The Hall–Kier alpha value is -2.08. The van der Waals surface area contributed by atoms with Gasteiger partial charge in [-0.15, -0.1) is 5.10 Å². The highest BCUT2D eigenvalue weighted by Crippen LogP contribution is 2.22. The third-order valence-electron chi connectivity index (χ3n) is 2.89. The lowest BCUT2D eigenvalue weighted by Crippen LogP contribution is -2.09. The van der Waals surface area contributed by atoms with Crippen LogP contribution in [-0.2, 0) is 7.05 Å². The van der Waals surface area contributed by atoms with Crippen LogP contribution in [0.4, 0.5) is 0 Å². The lowest BCUT2D eigenvalue weighted by molar-refractivity contribution is 0.103. The fourth-order valence-corrected chi connectivity index (χ4v) is 2.50. The van der Waals surface area contributed by atoms with Crippen molar-refractivity contribution in [2.24, 2.45) is 7.05 Å². The Morgan fingerprint density at radius 1 is 1.26 bits per heavy atom. The van der Waals surface area contributed by atoms with Crippen LogP contribution in [0.3, 0.4) is 0 Å². The summed E-state index contributed by atoms with van der Waals surface area (Å²) in [4.78, 5) is 16.9. The van der Waals surface area contributed by atoms with E-state index in [0.717, 1.165) is 10.9 Å². The predicted octanol–water partition coefficient (Wildman–Crippen LogP) is 2.36. The van der Waals surface area contributed by atoms with Gasteiger partial charge in [0, 0.05) is 24.2 Å². The molecule has 2 heterocycles. The summed E-state index contributed by atoms with van der Waals surface area (Å²) in [5, 5.41) is 8.48. The van der Waals surface area contributed by atoms with Crippen LogP contribution in [-0.4, -0.2) is 25.8 Å². The summed E-state index contributed by atoms with van der Waals surface area (Å²) in [6.07, 6.45) is 1.63. The Kier molecular flexibility index (Phi) is 2.87. The van der Waals surface area contributed by atoms with Crippen LogP contribution in [0, 0.1) is 0 Å². The average molecular weight is 317 g/mol. The molecule has 19 heavy (non-hydrogen) atoms. The molecular formula is C13H9BrN4O. The van der Waals surface area contributed by atoms with E-state index in [1.165, 1.54) is 4.68 Å². The van der Waals surface area contributed by atoms with Crippen LogP contribution in [0.25, 0.3) is 10.9 Å². The van der Waals surface area contributed by atoms with Crippen LogP contribution in [0.15, 0.2) is 41.1 Å². The molecule has 0 spiro atoms. The van der Waals surface area contributed by atoms with E-state index in [4.69, 9.17) is 0 Å². The number of carbonyl (C=O) groups excluding carboxylic acids is 1. The number of rotatable bonds is 2. The zero-order valence-corrected chi connectivity index (χ0v) is 11.6. The molecule has 0 saturated carbocycles. The number of carbonyl (C=O) groups is 1. The highest BCUT2D eigenvalue weighted by atomic mass is 79.9. The standard InChI is InChI=1S/C13H9BrN4O/c1-18-11(13(14)16-17-18)12(19)9-6-7-15-10-5-3-2-4-8(9)10/h2-7H,1H3. The van der Waals surface area contributed by atoms with E-state index in [1.807, 2.05) is 24.3 Å². The normalized spacial score (nSPS) is 10.8. The highest BCUT2D eigenvalue weighted by molar-refractivity contribution is 9.10. The first-order valence-electron chi connectivity index (χ1n) is 5.62. The van der Waals surface area contributed by atoms with Crippen molar-refractivity contribution in [3.05, 3.63) is 52.4 Å². The van der Waals surface area contributed by atoms with Gasteiger partial charge < -0.3 is 0 Å². The summed E-state index contributed by atoms with van der Waals surface area (Å²) >= 11 is 3.25. The zero-order valence-electron chi connectivity index (χ0n) is 10.0. The zero-order chi connectivity index (χ0) is 13.4. The first-order valence-corrected chi connectivity index (χ1v) is 6.41. The summed E-state index contributed by atoms with van der Waals surface area (Å²) < 4.78 is 1.91. The Bertz CT molecular complexity index is 756. The van der Waals surface area contributed by atoms with Gasteiger partial charge in [-0.3, -0.25) is 9.78 Å². The van der Waals surface area contributed by atoms with Gasteiger partial charge in [0.2, 0.25) is 5.78 Å². The molecule has 94 valence electrons. The number of benzene rings is 1. The SMILES string of the molecule is Cn1nnc(Br)c1C(=O)c1ccnc2ccccc12. The molecule has 6 heteroatoms. The third kappa shape index (κ3) is 1.94. The molecule has 2 aromatic heterocycles. The number of halogens is 1. The van der Waals surface area contributed by atoms with Gasteiger partial charge in [-0.05, 0) is 28.1 Å². The summed E-state index contributed by atoms with van der Waals surface area (Å²) in [6, 6.07) is 9.25. The van der Waals surface area contributed by atoms with Crippen molar-refractivity contribution in [2.75, 3.05) is 0 Å². The Balaban J connectivity index is 2.23. The van der Waals surface area contributed by atoms with Crippen molar-refractivity contribution in [3.63, 3.8) is 0 Å². The minimum atomic E-state index is -0.127. The Labute approximate surface area is 117 Å². The lowest BCUT2D eigenvalue weighted by Gasteiger charge is -2.05. The quantitative estimate of drug-likeness (QED) is 0.681. The molecular weight excluding hydrogens is 308 g/mol. The summed E-state index contributed by atoms with van der Waals surface area (Å²) in [6.45, 7) is 0. The lowest BCUT2D eigenvalue weighted by atomic mass is 10.0. The summed E-state index contributed by atoms with van der Waals surface area (Å²) in [5.41, 5.74) is 1.81. The Morgan fingerprint density at radius 3 is 2.79 bits per heavy atom. The smallest absolute Gasteiger partial charge is 0.214 e. The second kappa shape index (κ2) is 4.55. The van der Waals surface area contributed by atoms with Crippen molar-refractivity contribution >= 4 is 32.6 Å². The number of fused-ring (bicyclic) bond motifs is 1. The molecule has 0 amide bonds. The van der Waals surface area contributed by atoms with Gasteiger partial charge in [-0.25, -0.2) is 4.68 Å². The average Bonchev–Trinajstić information content (AvgIpc) is 2.77. The molecule has 0 aliphatic rings. The van der Waals surface area contributed by atoms with E-state index in [2.05, 4.69) is 31.2 Å². The largest absolute Gasteiger partial charge is 0.287 e. The third-order valence-corrected chi connectivity index (χ3v) is 3.43. The molecule has 0 aliphatic heterocycles. The van der Waals surface area contributed by atoms with Crippen LogP contribution in [0.5, 0.6) is 0 Å². The molecule has 0 saturated heterocycles. The molecule has 0 unspecified atom stereocenters. The summed E-state index contributed by atoms with van der Waals surface area (Å²) in [5.74, 6) is -0.127. The van der Waals surface area contributed by atoms with Crippen LogP contribution in [0.1, 0.15) is 16.1 Å². The summed E-state index contributed by atoms with van der Waals surface area (Å²) in [7, 11) is 1.69. The molecule has 0 radical (unpaired) electrons. The molecule has 5 nitrogen and oxygen atoms in total. The van der Waals surface area contributed by atoms with Gasteiger partial charge in [0.1, 0.15) is 5.69 Å². The molecule has 0 bridgehead atoms. The van der Waals surface area contributed by atoms with Crippen molar-refractivity contribution in [1.82, 2.24) is 20.0 Å². The fourth-order valence-electron chi connectivity index (χ4n) is 1.99. The molecule has 0 atom stereocenters. The molecule has 0 N–H and O–H groups in total. The van der Waals surface area contributed by atoms with Gasteiger partial charge in [0.15, 0.2) is 4.60 Å². The molecule has 0 fully saturated rings. The highest BCUT2D eigenvalue weighted by Gasteiger charge is 2.20. The van der Waals surface area contributed by atoms with Crippen molar-refractivity contribution < 1.29 is 4.79 Å². The number of hydrogen-bond acceptors (Lipinski definition) is 4. The van der Waals surface area contributed by atoms with Gasteiger partial charge in [-0.1, -0.05) is 23.4 Å². The number of hydrogen-bond donors (Lipinski definition) is 0. The minimum Gasteiger partial charge on any atom is -0.287 e. The van der Waals surface area contributed by atoms with Crippen LogP contribution in [0.2, 0.25) is 0 Å². The van der Waals surface area contributed by atoms with E-state index in [9.17, 15) is 4.79 Å². The van der Waals surface area contributed by atoms with Crippen molar-refractivity contribution in [2.45, 2.75) is 0 Å².